The third-order valence-corrected chi connectivity index (χ3v) is 5.22. The molecule has 1 atom stereocenters. The van der Waals surface area contributed by atoms with Gasteiger partial charge in [-0.25, -0.2) is 4.98 Å². The summed E-state index contributed by atoms with van der Waals surface area (Å²) < 4.78 is 1.18. The van der Waals surface area contributed by atoms with Gasteiger partial charge in [0.1, 0.15) is 0 Å². The molecule has 21 heavy (non-hydrogen) atoms. The van der Waals surface area contributed by atoms with Crippen LogP contribution >= 0.6 is 27.3 Å². The summed E-state index contributed by atoms with van der Waals surface area (Å²) in [6, 6.07) is 8.83. The fraction of sp³-hybridized carbons (Fsp3) is 0.471. The minimum absolute atomic E-state index is 0.131. The van der Waals surface area contributed by atoms with Crippen molar-refractivity contribution in [3.05, 3.63) is 50.4 Å². The summed E-state index contributed by atoms with van der Waals surface area (Å²) in [6.45, 7) is 6.63. The first-order valence-corrected chi connectivity index (χ1v) is 8.93. The molecule has 0 radical (unpaired) electrons. The second kappa shape index (κ2) is 7.03. The van der Waals surface area contributed by atoms with E-state index in [1.807, 2.05) is 7.05 Å². The zero-order chi connectivity index (χ0) is 15.5. The highest BCUT2D eigenvalue weighted by Crippen LogP contribution is 2.25. The molecule has 2 rings (SSSR count). The van der Waals surface area contributed by atoms with E-state index in [0.29, 0.717) is 6.04 Å². The van der Waals surface area contributed by atoms with Crippen LogP contribution in [-0.2, 0) is 18.3 Å². The van der Waals surface area contributed by atoms with Crippen molar-refractivity contribution in [3.8, 4) is 0 Å². The summed E-state index contributed by atoms with van der Waals surface area (Å²) in [5, 5.41) is 6.83. The van der Waals surface area contributed by atoms with Crippen molar-refractivity contribution in [1.29, 1.82) is 0 Å². The molecule has 1 heterocycles. The lowest BCUT2D eigenvalue weighted by atomic mass is 9.93. The summed E-state index contributed by atoms with van der Waals surface area (Å²) in [6.07, 6.45) is 1.97. The van der Waals surface area contributed by atoms with Gasteiger partial charge in [0.25, 0.3) is 0 Å². The Morgan fingerprint density at radius 1 is 1.24 bits per heavy atom. The molecule has 4 heteroatoms. The van der Waals surface area contributed by atoms with Crippen LogP contribution in [0.4, 0.5) is 0 Å². The van der Waals surface area contributed by atoms with Gasteiger partial charge in [0.05, 0.1) is 10.7 Å². The number of likely N-dealkylation sites (N-methyl/N-ethyl adjacent to an activating group) is 1. The predicted molar refractivity (Wildman–Crippen MR) is 95.2 cm³/mol. The van der Waals surface area contributed by atoms with Gasteiger partial charge in [0.2, 0.25) is 0 Å². The number of nitrogens with one attached hydrogen (secondary N) is 1. The molecule has 1 N–H and O–H groups in total. The van der Waals surface area contributed by atoms with Gasteiger partial charge < -0.3 is 5.32 Å². The molecule has 1 aromatic carbocycles. The van der Waals surface area contributed by atoms with Crippen LogP contribution in [0.1, 0.15) is 37.0 Å². The smallest absolute Gasteiger partial charge is 0.0944 e. The lowest BCUT2D eigenvalue weighted by molar-refractivity contribution is 0.543. The molecule has 0 fully saturated rings. The third kappa shape index (κ3) is 4.63. The molecule has 2 nitrogen and oxygen atoms in total. The van der Waals surface area contributed by atoms with E-state index < -0.39 is 0 Å². The van der Waals surface area contributed by atoms with Crippen LogP contribution in [0.2, 0.25) is 0 Å². The standard InChI is InChI=1S/C17H23BrN2S/c1-17(2,3)15-11-21-16(20-15)10-13(19-4)9-12-7-5-6-8-14(12)18/h5-8,11,13,19H,9-10H2,1-4H3. The number of nitrogens with zero attached hydrogens (tertiary/aromatic N) is 1. The van der Waals surface area contributed by atoms with Gasteiger partial charge in [0, 0.05) is 27.7 Å². The quantitative estimate of drug-likeness (QED) is 0.837. The lowest BCUT2D eigenvalue weighted by Crippen LogP contribution is -2.30. The topological polar surface area (TPSA) is 24.9 Å². The molecule has 0 aliphatic carbocycles. The van der Waals surface area contributed by atoms with Crippen LogP contribution < -0.4 is 5.32 Å². The fourth-order valence-electron chi connectivity index (χ4n) is 2.17. The molecule has 0 saturated carbocycles. The van der Waals surface area contributed by atoms with Crippen LogP contribution in [0.15, 0.2) is 34.1 Å². The van der Waals surface area contributed by atoms with Crippen LogP contribution in [0.5, 0.6) is 0 Å². The van der Waals surface area contributed by atoms with Crippen molar-refractivity contribution in [2.45, 2.75) is 45.1 Å². The van der Waals surface area contributed by atoms with E-state index in [0.717, 1.165) is 12.8 Å². The Balaban J connectivity index is 2.06. The monoisotopic (exact) mass is 366 g/mol. The van der Waals surface area contributed by atoms with Gasteiger partial charge in [-0.15, -0.1) is 11.3 Å². The van der Waals surface area contributed by atoms with Gasteiger partial charge in [0.15, 0.2) is 0 Å². The van der Waals surface area contributed by atoms with Crippen molar-refractivity contribution in [1.82, 2.24) is 10.3 Å². The molecule has 0 aliphatic heterocycles. The normalized spacial score (nSPS) is 13.4. The first kappa shape index (κ1) is 16.7. The minimum atomic E-state index is 0.131. The number of aromatic nitrogens is 1. The van der Waals surface area contributed by atoms with Crippen molar-refractivity contribution in [2.75, 3.05) is 7.05 Å². The number of rotatable bonds is 5. The average molecular weight is 367 g/mol. The molecule has 2 aromatic rings. The van der Waals surface area contributed by atoms with E-state index in [1.54, 1.807) is 11.3 Å². The maximum Gasteiger partial charge on any atom is 0.0944 e. The zero-order valence-electron chi connectivity index (χ0n) is 13.1. The molecule has 114 valence electrons. The largest absolute Gasteiger partial charge is 0.316 e. The van der Waals surface area contributed by atoms with E-state index in [1.165, 1.54) is 20.7 Å². The molecular weight excluding hydrogens is 344 g/mol. The Kier molecular flexibility index (Phi) is 5.58. The van der Waals surface area contributed by atoms with Crippen LogP contribution in [0.25, 0.3) is 0 Å². The average Bonchev–Trinajstić information content (AvgIpc) is 2.89. The zero-order valence-corrected chi connectivity index (χ0v) is 15.5. The fourth-order valence-corrected chi connectivity index (χ4v) is 3.71. The Morgan fingerprint density at radius 2 is 1.95 bits per heavy atom. The maximum absolute atomic E-state index is 4.80. The second-order valence-electron chi connectivity index (χ2n) is 6.36. The van der Waals surface area contributed by atoms with Gasteiger partial charge >= 0.3 is 0 Å². The summed E-state index contributed by atoms with van der Waals surface area (Å²) in [7, 11) is 2.03. The Bertz CT molecular complexity index is 586. The second-order valence-corrected chi connectivity index (χ2v) is 8.16. The molecule has 0 aliphatic rings. The van der Waals surface area contributed by atoms with E-state index in [4.69, 9.17) is 4.98 Å². The summed E-state index contributed by atoms with van der Waals surface area (Å²) >= 11 is 5.40. The maximum atomic E-state index is 4.80. The number of hydrogen-bond acceptors (Lipinski definition) is 3. The molecule has 1 aromatic heterocycles. The minimum Gasteiger partial charge on any atom is -0.316 e. The number of benzene rings is 1. The lowest BCUT2D eigenvalue weighted by Gasteiger charge is -2.16. The summed E-state index contributed by atoms with van der Waals surface area (Å²) in [4.78, 5) is 4.80. The van der Waals surface area contributed by atoms with E-state index in [-0.39, 0.29) is 5.41 Å². The van der Waals surface area contributed by atoms with Crippen molar-refractivity contribution >= 4 is 27.3 Å². The highest BCUT2D eigenvalue weighted by atomic mass is 79.9. The molecule has 0 saturated heterocycles. The summed E-state index contributed by atoms with van der Waals surface area (Å²) in [5.74, 6) is 0. The van der Waals surface area contributed by atoms with Crippen molar-refractivity contribution in [2.24, 2.45) is 0 Å². The predicted octanol–water partition coefficient (Wildman–Crippen LogP) is 4.58. The van der Waals surface area contributed by atoms with Gasteiger partial charge in [-0.2, -0.15) is 0 Å². The Labute approximate surface area is 140 Å². The summed E-state index contributed by atoms with van der Waals surface area (Å²) in [5.41, 5.74) is 2.66. The number of thiazole rings is 1. The van der Waals surface area contributed by atoms with Gasteiger partial charge in [-0.05, 0) is 25.1 Å². The SMILES string of the molecule is CNC(Cc1nc(C(C)(C)C)cs1)Cc1ccccc1Br. The van der Waals surface area contributed by atoms with Crippen molar-refractivity contribution in [3.63, 3.8) is 0 Å². The first-order valence-electron chi connectivity index (χ1n) is 7.25. The number of halogens is 1. The Hall–Kier alpha value is -0.710. The van der Waals surface area contributed by atoms with Crippen LogP contribution in [-0.4, -0.2) is 18.1 Å². The van der Waals surface area contributed by atoms with Crippen LogP contribution in [0.3, 0.4) is 0 Å². The number of hydrogen-bond donors (Lipinski definition) is 1. The van der Waals surface area contributed by atoms with Gasteiger partial charge in [-0.1, -0.05) is 54.9 Å². The molecule has 0 spiro atoms. The van der Waals surface area contributed by atoms with E-state index in [9.17, 15) is 0 Å². The Morgan fingerprint density at radius 3 is 2.52 bits per heavy atom. The molecule has 1 unspecified atom stereocenters. The van der Waals surface area contributed by atoms with E-state index in [2.05, 4.69) is 71.7 Å². The molecule has 0 bridgehead atoms. The van der Waals surface area contributed by atoms with Crippen molar-refractivity contribution < 1.29 is 0 Å². The van der Waals surface area contributed by atoms with Gasteiger partial charge in [-0.3, -0.25) is 0 Å². The highest BCUT2D eigenvalue weighted by Gasteiger charge is 2.19. The highest BCUT2D eigenvalue weighted by molar-refractivity contribution is 9.10. The molecule has 0 amide bonds. The van der Waals surface area contributed by atoms with E-state index >= 15 is 0 Å². The third-order valence-electron chi connectivity index (χ3n) is 3.57. The molecular formula is C17H23BrN2S. The van der Waals surface area contributed by atoms with Crippen LogP contribution in [0, 0.1) is 0 Å². The first-order chi connectivity index (χ1) is 9.90.